The molecule has 3 rings (SSSR count). The largest absolute Gasteiger partial charge is 0.516 e. The fourth-order valence-corrected chi connectivity index (χ4v) is 2.94. The summed E-state index contributed by atoms with van der Waals surface area (Å²) < 4.78 is 5.93. The molecule has 148 valence electrons. The highest BCUT2D eigenvalue weighted by molar-refractivity contribution is 6.06. The van der Waals surface area contributed by atoms with Crippen molar-refractivity contribution in [3.05, 3.63) is 96.4 Å². The number of hydrogen-bond donors (Lipinski definition) is 3. The van der Waals surface area contributed by atoms with E-state index in [1.807, 2.05) is 55.5 Å². The van der Waals surface area contributed by atoms with Gasteiger partial charge in [0.2, 0.25) is 0 Å². The van der Waals surface area contributed by atoms with Crippen LogP contribution in [-0.4, -0.2) is 22.6 Å². The number of benzene rings is 2. The zero-order valence-corrected chi connectivity index (χ0v) is 16.3. The van der Waals surface area contributed by atoms with E-state index in [2.05, 4.69) is 16.9 Å². The zero-order valence-electron chi connectivity index (χ0n) is 16.3. The molecule has 2 aromatic carbocycles. The van der Waals surface area contributed by atoms with Crippen LogP contribution in [-0.2, 0) is 0 Å². The molecule has 0 aliphatic rings. The average Bonchev–Trinajstić information content (AvgIpc) is 3.17. The van der Waals surface area contributed by atoms with Gasteiger partial charge >= 0.3 is 0 Å². The first kappa shape index (κ1) is 20.0. The van der Waals surface area contributed by atoms with Gasteiger partial charge in [0.1, 0.15) is 11.4 Å². The fraction of sp³-hybridized carbons (Fsp3) is 0.125. The highest BCUT2D eigenvalue weighted by Gasteiger charge is 2.13. The van der Waals surface area contributed by atoms with Crippen LogP contribution in [0.15, 0.2) is 85.2 Å². The molecule has 0 unspecified atom stereocenters. The number of H-pyrrole nitrogens is 1. The van der Waals surface area contributed by atoms with Crippen LogP contribution in [0.5, 0.6) is 5.75 Å². The second kappa shape index (κ2) is 9.46. The van der Waals surface area contributed by atoms with Gasteiger partial charge in [0.15, 0.2) is 0 Å². The van der Waals surface area contributed by atoms with Gasteiger partial charge in [0.25, 0.3) is 5.91 Å². The number of aliphatic hydroxyl groups is 1. The monoisotopic (exact) mass is 388 g/mol. The molecule has 1 amide bonds. The van der Waals surface area contributed by atoms with Gasteiger partial charge in [-0.15, -0.1) is 0 Å². The summed E-state index contributed by atoms with van der Waals surface area (Å²) >= 11 is 0. The smallest absolute Gasteiger partial charge is 0.272 e. The number of ether oxygens (including phenoxy) is 1. The molecule has 0 radical (unpaired) electrons. The molecule has 0 atom stereocenters. The third kappa shape index (κ3) is 5.17. The third-order valence-corrected chi connectivity index (χ3v) is 4.47. The molecule has 29 heavy (non-hydrogen) atoms. The van der Waals surface area contributed by atoms with E-state index in [0.717, 1.165) is 28.3 Å². The highest BCUT2D eigenvalue weighted by Crippen LogP contribution is 2.27. The summed E-state index contributed by atoms with van der Waals surface area (Å²) in [6.07, 6.45) is 6.62. The number of fused-ring (bicyclic) bond motifs is 1. The SMILES string of the molecule is C=C/C(=C\C=C\O)CCOc1cc(C)ccc1NC(=O)c1cc2ccccc2[nH]1. The number of carbonyl (C=O) groups excluding carboxylic acids is 1. The van der Waals surface area contributed by atoms with E-state index >= 15 is 0 Å². The molecular weight excluding hydrogens is 364 g/mol. The van der Waals surface area contributed by atoms with Gasteiger partial charge < -0.3 is 20.1 Å². The minimum Gasteiger partial charge on any atom is -0.516 e. The number of allylic oxidation sites excluding steroid dienone is 3. The van der Waals surface area contributed by atoms with Crippen molar-refractivity contribution in [3.8, 4) is 5.75 Å². The van der Waals surface area contributed by atoms with Crippen molar-refractivity contribution in [1.29, 1.82) is 0 Å². The molecule has 3 aromatic rings. The van der Waals surface area contributed by atoms with Gasteiger partial charge in [-0.25, -0.2) is 0 Å². The first-order chi connectivity index (χ1) is 14.1. The Morgan fingerprint density at radius 2 is 2.07 bits per heavy atom. The van der Waals surface area contributed by atoms with Gasteiger partial charge in [0, 0.05) is 17.3 Å². The van der Waals surface area contributed by atoms with Crippen molar-refractivity contribution < 1.29 is 14.6 Å². The number of rotatable bonds is 8. The minimum atomic E-state index is -0.227. The lowest BCUT2D eigenvalue weighted by Gasteiger charge is -2.13. The summed E-state index contributed by atoms with van der Waals surface area (Å²) in [7, 11) is 0. The van der Waals surface area contributed by atoms with Gasteiger partial charge in [-0.05, 0) is 48.4 Å². The van der Waals surface area contributed by atoms with Crippen molar-refractivity contribution >= 4 is 22.5 Å². The maximum absolute atomic E-state index is 12.7. The van der Waals surface area contributed by atoms with Gasteiger partial charge in [-0.3, -0.25) is 4.79 Å². The lowest BCUT2D eigenvalue weighted by molar-refractivity contribution is 0.102. The topological polar surface area (TPSA) is 74.3 Å². The Labute approximate surface area is 170 Å². The van der Waals surface area contributed by atoms with Crippen LogP contribution in [0.3, 0.4) is 0 Å². The molecule has 1 heterocycles. The summed E-state index contributed by atoms with van der Waals surface area (Å²) in [5, 5.41) is 12.7. The average molecular weight is 388 g/mol. The Hall–Kier alpha value is -3.73. The van der Waals surface area contributed by atoms with E-state index in [4.69, 9.17) is 9.84 Å². The highest BCUT2D eigenvalue weighted by atomic mass is 16.5. The third-order valence-electron chi connectivity index (χ3n) is 4.47. The normalized spacial score (nSPS) is 11.7. The first-order valence-electron chi connectivity index (χ1n) is 9.35. The van der Waals surface area contributed by atoms with Crippen molar-refractivity contribution in [3.63, 3.8) is 0 Å². The molecule has 3 N–H and O–H groups in total. The quantitative estimate of drug-likeness (QED) is 0.343. The number of aromatic amines is 1. The molecule has 5 heteroatoms. The Bertz CT molecular complexity index is 1040. The first-order valence-corrected chi connectivity index (χ1v) is 9.35. The van der Waals surface area contributed by atoms with Crippen LogP contribution < -0.4 is 10.1 Å². The predicted octanol–water partition coefficient (Wildman–Crippen LogP) is 5.68. The Balaban J connectivity index is 1.72. The summed E-state index contributed by atoms with van der Waals surface area (Å²) in [6, 6.07) is 15.2. The molecule has 0 saturated carbocycles. The zero-order chi connectivity index (χ0) is 20.6. The lowest BCUT2D eigenvalue weighted by Crippen LogP contribution is -2.13. The second-order valence-electron chi connectivity index (χ2n) is 6.61. The number of aromatic nitrogens is 1. The van der Waals surface area contributed by atoms with Crippen molar-refractivity contribution in [2.45, 2.75) is 13.3 Å². The molecule has 0 bridgehead atoms. The molecule has 0 fully saturated rings. The molecule has 0 saturated heterocycles. The molecule has 0 aliphatic heterocycles. The van der Waals surface area contributed by atoms with Crippen LogP contribution in [0.25, 0.3) is 10.9 Å². The molecule has 1 aromatic heterocycles. The van der Waals surface area contributed by atoms with Crippen LogP contribution >= 0.6 is 0 Å². The Morgan fingerprint density at radius 3 is 2.83 bits per heavy atom. The Kier molecular flexibility index (Phi) is 6.53. The van der Waals surface area contributed by atoms with Gasteiger partial charge in [-0.2, -0.15) is 0 Å². The standard InChI is InChI=1S/C24H24N2O3/c1-3-18(7-6-13-27)12-14-29-23-15-17(2)10-11-21(23)26-24(28)22-16-19-8-4-5-9-20(19)25-22/h3-11,13,15-16,25,27H,1,12,14H2,2H3,(H,26,28)/b13-6+,18-7+. The number of aliphatic hydroxyl groups excluding tert-OH is 1. The van der Waals surface area contributed by atoms with E-state index in [1.165, 1.54) is 6.08 Å². The summed E-state index contributed by atoms with van der Waals surface area (Å²) in [6.45, 7) is 6.14. The predicted molar refractivity (Wildman–Crippen MR) is 118 cm³/mol. The summed E-state index contributed by atoms with van der Waals surface area (Å²) in [5.74, 6) is 0.380. The second-order valence-corrected chi connectivity index (χ2v) is 6.61. The maximum Gasteiger partial charge on any atom is 0.272 e. The summed E-state index contributed by atoms with van der Waals surface area (Å²) in [4.78, 5) is 15.8. The van der Waals surface area contributed by atoms with E-state index < -0.39 is 0 Å². The van der Waals surface area contributed by atoms with E-state index in [0.29, 0.717) is 30.2 Å². The molecule has 5 nitrogen and oxygen atoms in total. The van der Waals surface area contributed by atoms with Crippen molar-refractivity contribution in [1.82, 2.24) is 4.98 Å². The number of para-hydroxylation sites is 1. The number of carbonyl (C=O) groups is 1. The maximum atomic E-state index is 12.7. The van der Waals surface area contributed by atoms with Crippen LogP contribution in [0, 0.1) is 6.92 Å². The van der Waals surface area contributed by atoms with E-state index in [-0.39, 0.29) is 5.91 Å². The lowest BCUT2D eigenvalue weighted by atomic mass is 10.1. The van der Waals surface area contributed by atoms with Crippen LogP contribution in [0.2, 0.25) is 0 Å². The summed E-state index contributed by atoms with van der Waals surface area (Å²) in [5.41, 5.74) is 3.99. The minimum absolute atomic E-state index is 0.227. The van der Waals surface area contributed by atoms with Crippen molar-refractivity contribution in [2.24, 2.45) is 0 Å². The van der Waals surface area contributed by atoms with E-state index in [9.17, 15) is 4.79 Å². The number of nitrogens with one attached hydrogen (secondary N) is 2. The van der Waals surface area contributed by atoms with E-state index in [1.54, 1.807) is 12.2 Å². The number of anilines is 1. The molecular formula is C24H24N2O3. The number of amides is 1. The van der Waals surface area contributed by atoms with Crippen molar-refractivity contribution in [2.75, 3.05) is 11.9 Å². The number of aryl methyl sites for hydroxylation is 1. The molecule has 0 spiro atoms. The van der Waals surface area contributed by atoms with Crippen LogP contribution in [0.1, 0.15) is 22.5 Å². The molecule has 0 aliphatic carbocycles. The van der Waals surface area contributed by atoms with Gasteiger partial charge in [0.05, 0.1) is 18.6 Å². The fourth-order valence-electron chi connectivity index (χ4n) is 2.94. The Morgan fingerprint density at radius 1 is 1.24 bits per heavy atom. The number of hydrogen-bond acceptors (Lipinski definition) is 3. The van der Waals surface area contributed by atoms with Gasteiger partial charge in [-0.1, -0.05) is 43.0 Å². The van der Waals surface area contributed by atoms with Crippen LogP contribution in [0.4, 0.5) is 5.69 Å².